The first-order valence-electron chi connectivity index (χ1n) is 7.64. The molecule has 0 aliphatic carbocycles. The Hall–Kier alpha value is -1.36. The molecule has 2 rings (SSSR count). The maximum Gasteiger partial charge on any atom is 0.137 e. The molecular weight excluding hydrogens is 250 g/mol. The highest BCUT2D eigenvalue weighted by Crippen LogP contribution is 2.29. The summed E-state index contributed by atoms with van der Waals surface area (Å²) in [5, 5.41) is 0. The molecule has 112 valence electrons. The Balaban J connectivity index is 2.13. The van der Waals surface area contributed by atoms with E-state index in [1.807, 2.05) is 0 Å². The number of nitrogens with two attached hydrogens (primary N) is 1. The van der Waals surface area contributed by atoms with Crippen molar-refractivity contribution in [2.45, 2.75) is 46.1 Å². The van der Waals surface area contributed by atoms with E-state index in [1.54, 1.807) is 6.33 Å². The van der Waals surface area contributed by atoms with E-state index >= 15 is 0 Å². The van der Waals surface area contributed by atoms with Crippen molar-refractivity contribution < 1.29 is 0 Å². The molecule has 1 aromatic rings. The van der Waals surface area contributed by atoms with Gasteiger partial charge in [-0.1, -0.05) is 20.8 Å². The third kappa shape index (κ3) is 3.03. The molecule has 2 N–H and O–H groups in total. The van der Waals surface area contributed by atoms with Crippen LogP contribution in [0.15, 0.2) is 6.33 Å². The van der Waals surface area contributed by atoms with E-state index in [9.17, 15) is 0 Å². The van der Waals surface area contributed by atoms with Gasteiger partial charge in [-0.25, -0.2) is 9.97 Å². The van der Waals surface area contributed by atoms with Gasteiger partial charge in [-0.2, -0.15) is 0 Å². The number of hydrogen-bond donors (Lipinski definition) is 1. The van der Waals surface area contributed by atoms with E-state index in [2.05, 4.69) is 47.5 Å². The summed E-state index contributed by atoms with van der Waals surface area (Å²) < 4.78 is 0. The zero-order valence-corrected chi connectivity index (χ0v) is 13.1. The first-order valence-corrected chi connectivity index (χ1v) is 7.64. The second-order valence-electron chi connectivity index (χ2n) is 5.93. The van der Waals surface area contributed by atoms with Gasteiger partial charge in [0.2, 0.25) is 0 Å². The highest BCUT2D eigenvalue weighted by Gasteiger charge is 2.24. The molecule has 0 aromatic carbocycles. The van der Waals surface area contributed by atoms with Crippen molar-refractivity contribution in [3.63, 3.8) is 0 Å². The predicted octanol–water partition coefficient (Wildman–Crippen LogP) is 2.10. The van der Waals surface area contributed by atoms with Crippen LogP contribution in [0.3, 0.4) is 0 Å². The minimum Gasteiger partial charge on any atom is -0.383 e. The van der Waals surface area contributed by atoms with E-state index in [0.717, 1.165) is 37.6 Å². The average Bonchev–Trinajstić information content (AvgIpc) is 2.46. The molecule has 2 heterocycles. The standard InChI is InChI=1S/C15H27N5/c1-5-12(4)19-6-8-20(9-7-19)15-13(11(2)3)14(16)17-10-18-15/h10-12H,5-9H2,1-4H3,(H2,16,17,18). The lowest BCUT2D eigenvalue weighted by atomic mass is 10.0. The molecule has 1 aromatic heterocycles. The topological polar surface area (TPSA) is 58.3 Å². The van der Waals surface area contributed by atoms with Gasteiger partial charge >= 0.3 is 0 Å². The van der Waals surface area contributed by atoms with Crippen molar-refractivity contribution in [3.05, 3.63) is 11.9 Å². The van der Waals surface area contributed by atoms with Crippen LogP contribution in [-0.2, 0) is 0 Å². The minimum absolute atomic E-state index is 0.346. The van der Waals surface area contributed by atoms with Gasteiger partial charge in [0.15, 0.2) is 0 Å². The fourth-order valence-electron chi connectivity index (χ4n) is 2.84. The third-order valence-corrected chi connectivity index (χ3v) is 4.30. The summed E-state index contributed by atoms with van der Waals surface area (Å²) in [7, 11) is 0. The van der Waals surface area contributed by atoms with Crippen molar-refractivity contribution >= 4 is 11.6 Å². The van der Waals surface area contributed by atoms with Crippen LogP contribution in [0.1, 0.15) is 45.6 Å². The first-order chi connectivity index (χ1) is 9.54. The highest BCUT2D eigenvalue weighted by molar-refractivity contribution is 5.58. The molecule has 0 bridgehead atoms. The Morgan fingerprint density at radius 2 is 1.80 bits per heavy atom. The highest BCUT2D eigenvalue weighted by atomic mass is 15.3. The lowest BCUT2D eigenvalue weighted by molar-refractivity contribution is 0.192. The molecule has 0 saturated carbocycles. The van der Waals surface area contributed by atoms with Crippen LogP contribution in [0.4, 0.5) is 11.6 Å². The zero-order chi connectivity index (χ0) is 14.7. The van der Waals surface area contributed by atoms with Gasteiger partial charge in [-0.05, 0) is 19.3 Å². The van der Waals surface area contributed by atoms with Crippen molar-refractivity contribution in [2.24, 2.45) is 0 Å². The third-order valence-electron chi connectivity index (χ3n) is 4.30. The zero-order valence-electron chi connectivity index (χ0n) is 13.1. The van der Waals surface area contributed by atoms with Crippen LogP contribution >= 0.6 is 0 Å². The number of aromatic nitrogens is 2. The lowest BCUT2D eigenvalue weighted by Gasteiger charge is -2.39. The number of hydrogen-bond acceptors (Lipinski definition) is 5. The van der Waals surface area contributed by atoms with Gasteiger partial charge in [0, 0.05) is 37.8 Å². The minimum atomic E-state index is 0.346. The van der Waals surface area contributed by atoms with E-state index in [4.69, 9.17) is 5.73 Å². The fraction of sp³-hybridized carbons (Fsp3) is 0.733. The molecule has 1 unspecified atom stereocenters. The second-order valence-corrected chi connectivity index (χ2v) is 5.93. The van der Waals surface area contributed by atoms with E-state index < -0.39 is 0 Å². The van der Waals surface area contributed by atoms with Crippen LogP contribution in [0, 0.1) is 0 Å². The normalized spacial score (nSPS) is 18.6. The molecule has 0 spiro atoms. The van der Waals surface area contributed by atoms with E-state index in [0.29, 0.717) is 17.8 Å². The van der Waals surface area contributed by atoms with Crippen LogP contribution < -0.4 is 10.6 Å². The van der Waals surface area contributed by atoms with Crippen LogP contribution in [0.2, 0.25) is 0 Å². The van der Waals surface area contributed by atoms with Gasteiger partial charge < -0.3 is 10.6 Å². The summed E-state index contributed by atoms with van der Waals surface area (Å²) in [5.74, 6) is 1.99. The molecule has 1 saturated heterocycles. The van der Waals surface area contributed by atoms with Crippen molar-refractivity contribution in [1.29, 1.82) is 0 Å². The smallest absolute Gasteiger partial charge is 0.137 e. The van der Waals surface area contributed by atoms with Crippen molar-refractivity contribution in [2.75, 3.05) is 36.8 Å². The van der Waals surface area contributed by atoms with Gasteiger partial charge in [-0.15, -0.1) is 0 Å². The summed E-state index contributed by atoms with van der Waals surface area (Å²) in [5.41, 5.74) is 7.13. The Kier molecular flexibility index (Phi) is 4.81. The SMILES string of the molecule is CCC(C)N1CCN(c2ncnc(N)c2C(C)C)CC1. The molecule has 20 heavy (non-hydrogen) atoms. The van der Waals surface area contributed by atoms with Crippen LogP contribution in [0.25, 0.3) is 0 Å². The lowest BCUT2D eigenvalue weighted by Crippen LogP contribution is -2.50. The van der Waals surface area contributed by atoms with Gasteiger partial charge in [0.1, 0.15) is 18.0 Å². The first kappa shape index (κ1) is 15.0. The number of nitrogen functional groups attached to an aromatic ring is 1. The summed E-state index contributed by atoms with van der Waals surface area (Å²) in [6, 6.07) is 0.664. The Morgan fingerprint density at radius 3 is 2.35 bits per heavy atom. The number of nitrogens with zero attached hydrogens (tertiary/aromatic N) is 4. The number of piperazine rings is 1. The number of rotatable bonds is 4. The summed E-state index contributed by atoms with van der Waals surface area (Å²) in [4.78, 5) is 13.5. The fourth-order valence-corrected chi connectivity index (χ4v) is 2.84. The Bertz CT molecular complexity index is 438. The molecule has 0 amide bonds. The average molecular weight is 277 g/mol. The van der Waals surface area contributed by atoms with Crippen molar-refractivity contribution in [1.82, 2.24) is 14.9 Å². The van der Waals surface area contributed by atoms with Crippen LogP contribution in [0.5, 0.6) is 0 Å². The Labute approximate surface area is 122 Å². The van der Waals surface area contributed by atoms with Gasteiger partial charge in [0.05, 0.1) is 0 Å². The van der Waals surface area contributed by atoms with Crippen molar-refractivity contribution in [3.8, 4) is 0 Å². The van der Waals surface area contributed by atoms with E-state index in [1.165, 1.54) is 6.42 Å². The maximum atomic E-state index is 6.04. The molecule has 5 heteroatoms. The molecule has 1 aliphatic heterocycles. The maximum absolute atomic E-state index is 6.04. The molecule has 1 fully saturated rings. The van der Waals surface area contributed by atoms with Gasteiger partial charge in [-0.3, -0.25) is 4.90 Å². The molecule has 1 atom stereocenters. The molecule has 0 radical (unpaired) electrons. The Morgan fingerprint density at radius 1 is 1.15 bits per heavy atom. The molecule has 1 aliphatic rings. The molecule has 5 nitrogen and oxygen atoms in total. The number of anilines is 2. The molecular formula is C15H27N5. The second kappa shape index (κ2) is 6.39. The van der Waals surface area contributed by atoms with Gasteiger partial charge in [0.25, 0.3) is 0 Å². The van der Waals surface area contributed by atoms with Crippen LogP contribution in [-0.4, -0.2) is 47.1 Å². The summed E-state index contributed by atoms with van der Waals surface area (Å²) in [6.07, 6.45) is 2.79. The largest absolute Gasteiger partial charge is 0.383 e. The van der Waals surface area contributed by atoms with E-state index in [-0.39, 0.29) is 0 Å². The predicted molar refractivity (Wildman–Crippen MR) is 84.1 cm³/mol. The summed E-state index contributed by atoms with van der Waals surface area (Å²) in [6.45, 7) is 13.1. The quantitative estimate of drug-likeness (QED) is 0.913. The summed E-state index contributed by atoms with van der Waals surface area (Å²) >= 11 is 0. The monoisotopic (exact) mass is 277 g/mol.